The van der Waals surface area contributed by atoms with Crippen molar-refractivity contribution in [2.24, 2.45) is 16.7 Å². The highest BCUT2D eigenvalue weighted by Gasteiger charge is 2.68. The molecule has 4 N–H and O–H groups in total. The first-order valence-electron chi connectivity index (χ1n) is 5.24. The molecule has 0 aromatic carbocycles. The predicted molar refractivity (Wildman–Crippen MR) is 67.2 cm³/mol. The summed E-state index contributed by atoms with van der Waals surface area (Å²) in [6.07, 6.45) is 1.49. The fourth-order valence-electron chi connectivity index (χ4n) is 3.45. The normalized spacial score (nSPS) is 44.8. The van der Waals surface area contributed by atoms with Gasteiger partial charge in [0, 0.05) is 11.2 Å². The first-order valence-corrected chi connectivity index (χ1v) is 7.73. The van der Waals surface area contributed by atoms with Crippen LogP contribution in [0.15, 0.2) is 0 Å². The molecule has 2 rings (SSSR count). The van der Waals surface area contributed by atoms with Crippen LogP contribution in [0.2, 0.25) is 0 Å². The molecule has 0 spiro atoms. The minimum absolute atomic E-state index is 0. The zero-order valence-electron chi connectivity index (χ0n) is 10.2. The molecule has 0 saturated heterocycles. The van der Waals surface area contributed by atoms with Crippen LogP contribution in [-0.4, -0.2) is 29.3 Å². The van der Waals surface area contributed by atoms with Crippen LogP contribution in [0.3, 0.4) is 0 Å². The highest BCUT2D eigenvalue weighted by molar-refractivity contribution is 9.10. The topological polar surface area (TPSA) is 111 Å². The Morgan fingerprint density at radius 1 is 1.47 bits per heavy atom. The second kappa shape index (κ2) is 4.01. The quantitative estimate of drug-likeness (QED) is 0.614. The van der Waals surface area contributed by atoms with E-state index in [0.717, 1.165) is 6.42 Å². The van der Waals surface area contributed by atoms with Crippen molar-refractivity contribution in [1.82, 2.24) is 6.15 Å². The van der Waals surface area contributed by atoms with E-state index in [0.29, 0.717) is 6.42 Å². The first kappa shape index (κ1) is 15.1. The van der Waals surface area contributed by atoms with Gasteiger partial charge in [0.1, 0.15) is 0 Å². The van der Waals surface area contributed by atoms with E-state index in [1.54, 1.807) is 13.8 Å². The molecule has 5 nitrogen and oxygen atoms in total. The van der Waals surface area contributed by atoms with Gasteiger partial charge in [0.05, 0.1) is 14.9 Å². The Labute approximate surface area is 110 Å². The van der Waals surface area contributed by atoms with Gasteiger partial charge < -0.3 is 10.7 Å². The molecule has 17 heavy (non-hydrogen) atoms. The second-order valence-electron chi connectivity index (χ2n) is 5.36. The van der Waals surface area contributed by atoms with E-state index in [4.69, 9.17) is 0 Å². The number of hydrogen-bond acceptors (Lipinski definition) is 4. The molecular weight excluding hydrogens is 310 g/mol. The van der Waals surface area contributed by atoms with Gasteiger partial charge in [0.2, 0.25) is 0 Å². The van der Waals surface area contributed by atoms with Gasteiger partial charge in [-0.1, -0.05) is 29.8 Å². The zero-order chi connectivity index (χ0) is 12.4. The maximum Gasteiger partial charge on any atom is 0.153 e. The number of alkyl halides is 1. The number of fused-ring (bicyclic) bond motifs is 2. The van der Waals surface area contributed by atoms with Gasteiger partial charge in [-0.15, -0.1) is 0 Å². The molecule has 2 saturated carbocycles. The molecule has 100 valence electrons. The SMILES string of the molecule is C[C@@]12CC[C@@H]([C@H](Br)C1=O)[C@@]2(C)CS(=O)(=O)[O-].[NH4+]. The molecule has 0 aromatic rings. The van der Waals surface area contributed by atoms with Crippen LogP contribution >= 0.6 is 15.9 Å². The molecule has 2 aliphatic rings. The summed E-state index contributed by atoms with van der Waals surface area (Å²) in [5.41, 5.74) is -1.37. The third kappa shape index (κ3) is 1.87. The van der Waals surface area contributed by atoms with Crippen LogP contribution in [0.25, 0.3) is 0 Å². The van der Waals surface area contributed by atoms with Crippen molar-refractivity contribution >= 4 is 31.8 Å². The number of rotatable bonds is 2. The van der Waals surface area contributed by atoms with Crippen LogP contribution in [0, 0.1) is 16.7 Å². The van der Waals surface area contributed by atoms with E-state index in [2.05, 4.69) is 15.9 Å². The number of carbonyl (C=O) groups excluding carboxylic acids is 1. The summed E-state index contributed by atoms with van der Waals surface area (Å²) < 4.78 is 33.0. The Morgan fingerprint density at radius 3 is 2.35 bits per heavy atom. The summed E-state index contributed by atoms with van der Waals surface area (Å²) in [4.78, 5) is 11.8. The van der Waals surface area contributed by atoms with E-state index in [1.165, 1.54) is 0 Å². The molecule has 2 bridgehead atoms. The lowest BCUT2D eigenvalue weighted by molar-refractivity contribution is -0.127. The van der Waals surface area contributed by atoms with Crippen molar-refractivity contribution in [3.8, 4) is 0 Å². The van der Waals surface area contributed by atoms with Crippen LogP contribution in [0.4, 0.5) is 0 Å². The van der Waals surface area contributed by atoms with Crippen LogP contribution in [0.5, 0.6) is 0 Å². The zero-order valence-corrected chi connectivity index (χ0v) is 12.6. The summed E-state index contributed by atoms with van der Waals surface area (Å²) in [6, 6.07) is 0. The van der Waals surface area contributed by atoms with Gasteiger partial charge in [-0.25, -0.2) is 8.42 Å². The Morgan fingerprint density at radius 2 is 2.00 bits per heavy atom. The van der Waals surface area contributed by atoms with E-state index in [-0.39, 0.29) is 22.7 Å². The number of hydrogen-bond donors (Lipinski definition) is 1. The van der Waals surface area contributed by atoms with E-state index < -0.39 is 26.7 Å². The van der Waals surface area contributed by atoms with Crippen molar-refractivity contribution in [3.63, 3.8) is 0 Å². The van der Waals surface area contributed by atoms with Crippen molar-refractivity contribution < 1.29 is 17.8 Å². The van der Waals surface area contributed by atoms with Gasteiger partial charge in [-0.05, 0) is 24.2 Å². The first-order chi connectivity index (χ1) is 7.12. The standard InChI is InChI=1S/C10H15BrO4S.H3N/c1-9-4-3-6(7(11)8(9)12)10(9,2)5-16(13,14)15;/h6-7H,3-5H2,1-2H3,(H,13,14,15);1H3/t6-,7-,9+,10+;/m0./s1. The van der Waals surface area contributed by atoms with Gasteiger partial charge in [-0.2, -0.15) is 0 Å². The molecule has 2 aliphatic carbocycles. The van der Waals surface area contributed by atoms with Crippen LogP contribution < -0.4 is 6.15 Å². The lowest BCUT2D eigenvalue weighted by atomic mass is 9.70. The smallest absolute Gasteiger partial charge is 0.153 e. The highest BCUT2D eigenvalue weighted by Crippen LogP contribution is 2.65. The fraction of sp³-hybridized carbons (Fsp3) is 0.900. The van der Waals surface area contributed by atoms with Gasteiger partial charge in [0.15, 0.2) is 5.78 Å². The molecule has 0 aliphatic heterocycles. The van der Waals surface area contributed by atoms with Crippen LogP contribution in [-0.2, 0) is 14.9 Å². The summed E-state index contributed by atoms with van der Waals surface area (Å²) in [6.45, 7) is 3.56. The monoisotopic (exact) mass is 327 g/mol. The molecule has 7 heteroatoms. The minimum Gasteiger partial charge on any atom is -0.748 e. The number of Topliss-reactive ketones (excluding diaryl/α,β-unsaturated/α-hetero) is 1. The maximum absolute atomic E-state index is 12.0. The van der Waals surface area contributed by atoms with Crippen molar-refractivity contribution in [3.05, 3.63) is 0 Å². The third-order valence-electron chi connectivity index (χ3n) is 4.66. The summed E-state index contributed by atoms with van der Waals surface area (Å²) in [7, 11) is -4.30. The highest BCUT2D eigenvalue weighted by atomic mass is 79.9. The Balaban J connectivity index is 0.00000144. The van der Waals surface area contributed by atoms with Gasteiger partial charge in [-0.3, -0.25) is 4.79 Å². The van der Waals surface area contributed by atoms with E-state index in [9.17, 15) is 17.8 Å². The summed E-state index contributed by atoms with van der Waals surface area (Å²) in [5, 5.41) is 0. The Bertz CT molecular complexity index is 451. The summed E-state index contributed by atoms with van der Waals surface area (Å²) in [5.74, 6) is -0.418. The second-order valence-corrected chi connectivity index (χ2v) is 7.75. The average Bonchev–Trinajstić information content (AvgIpc) is 2.40. The molecule has 0 unspecified atom stereocenters. The fourth-order valence-corrected chi connectivity index (χ4v) is 6.07. The van der Waals surface area contributed by atoms with Gasteiger partial charge in [0.25, 0.3) is 0 Å². The molecule has 4 atom stereocenters. The average molecular weight is 328 g/mol. The van der Waals surface area contributed by atoms with Crippen LogP contribution in [0.1, 0.15) is 26.7 Å². The number of halogens is 1. The molecule has 0 aromatic heterocycles. The molecule has 2 fully saturated rings. The Hall–Kier alpha value is 0.0200. The number of ketones is 1. The lowest BCUT2D eigenvalue weighted by Crippen LogP contribution is -2.40. The lowest BCUT2D eigenvalue weighted by Gasteiger charge is -2.37. The van der Waals surface area contributed by atoms with Crippen molar-refractivity contribution in [1.29, 1.82) is 0 Å². The minimum atomic E-state index is -4.30. The molecule has 0 radical (unpaired) electrons. The molecular formula is C10H18BrNO4S. The molecule has 0 heterocycles. The largest absolute Gasteiger partial charge is 0.748 e. The Kier molecular flexibility index (Phi) is 3.56. The third-order valence-corrected chi connectivity index (χ3v) is 6.67. The van der Waals surface area contributed by atoms with Crippen molar-refractivity contribution in [2.75, 3.05) is 5.75 Å². The number of quaternary nitrogens is 1. The predicted octanol–water partition coefficient (Wildman–Crippen LogP) is 1.68. The van der Waals surface area contributed by atoms with E-state index >= 15 is 0 Å². The van der Waals surface area contributed by atoms with Gasteiger partial charge >= 0.3 is 0 Å². The number of carbonyl (C=O) groups is 1. The summed E-state index contributed by atoms with van der Waals surface area (Å²) >= 11 is 3.33. The van der Waals surface area contributed by atoms with Crippen molar-refractivity contribution in [2.45, 2.75) is 31.5 Å². The maximum atomic E-state index is 12.0. The van der Waals surface area contributed by atoms with E-state index in [1.807, 2.05) is 0 Å². The molecule has 0 amide bonds.